The van der Waals surface area contributed by atoms with Crippen LogP contribution in [0.2, 0.25) is 0 Å². The molecule has 0 atom stereocenters. The van der Waals surface area contributed by atoms with Crippen molar-refractivity contribution in [1.29, 1.82) is 0 Å². The third kappa shape index (κ3) is 4.59. The summed E-state index contributed by atoms with van der Waals surface area (Å²) in [5, 5.41) is 10.5. The van der Waals surface area contributed by atoms with Gasteiger partial charge in [0.2, 0.25) is 0 Å². The highest BCUT2D eigenvalue weighted by Gasteiger charge is 2.25. The van der Waals surface area contributed by atoms with Crippen LogP contribution in [0.25, 0.3) is 11.3 Å². The second-order valence-corrected chi connectivity index (χ2v) is 8.72. The van der Waals surface area contributed by atoms with E-state index in [0.717, 1.165) is 74.6 Å². The minimum Gasteiger partial charge on any atom is -0.497 e. The summed E-state index contributed by atoms with van der Waals surface area (Å²) >= 11 is 0. The molecule has 33 heavy (non-hydrogen) atoms. The summed E-state index contributed by atoms with van der Waals surface area (Å²) in [6.45, 7) is 5.87. The number of para-hydroxylation sites is 1. The Bertz CT molecular complexity index is 1100. The monoisotopic (exact) mass is 445 g/mol. The van der Waals surface area contributed by atoms with E-state index in [9.17, 15) is 4.79 Å². The predicted octanol–water partition coefficient (Wildman–Crippen LogP) is 3.13. The summed E-state index contributed by atoms with van der Waals surface area (Å²) in [6, 6.07) is 16.6. The summed E-state index contributed by atoms with van der Waals surface area (Å²) < 4.78 is 5.34. The molecule has 1 fully saturated rings. The van der Waals surface area contributed by atoms with Gasteiger partial charge in [-0.05, 0) is 61.7 Å². The number of amides is 1. The molecule has 0 spiro atoms. The van der Waals surface area contributed by atoms with Crippen molar-refractivity contribution in [3.05, 3.63) is 65.4 Å². The van der Waals surface area contributed by atoms with E-state index in [1.54, 1.807) is 7.11 Å². The van der Waals surface area contributed by atoms with Crippen molar-refractivity contribution in [2.45, 2.75) is 19.3 Å². The number of carbonyl (C=O) groups excluding carboxylic acids is 1. The first kappa shape index (κ1) is 21.5. The number of piperazine rings is 1. The molecule has 1 aliphatic heterocycles. The fraction of sp³-hybridized carbons (Fsp3) is 0.385. The number of aryl methyl sites for hydroxylation is 1. The summed E-state index contributed by atoms with van der Waals surface area (Å²) in [5.41, 5.74) is 6.11. The number of carbonyl (C=O) groups is 1. The number of anilines is 1. The number of fused-ring (bicyclic) bond motifs is 3. The van der Waals surface area contributed by atoms with Gasteiger partial charge in [0, 0.05) is 49.5 Å². The van der Waals surface area contributed by atoms with Gasteiger partial charge in [-0.3, -0.25) is 14.8 Å². The second kappa shape index (κ2) is 9.67. The SMILES string of the molecule is COc1ccc2c(c1)CCc1c-2n[nH]c1C(=O)NCCCN1CCN(c2ccccc2)CC1. The molecule has 7 nitrogen and oxygen atoms in total. The molecule has 1 aromatic heterocycles. The number of H-pyrrole nitrogens is 1. The smallest absolute Gasteiger partial charge is 0.269 e. The molecule has 5 rings (SSSR count). The van der Waals surface area contributed by atoms with Gasteiger partial charge >= 0.3 is 0 Å². The maximum atomic E-state index is 12.8. The number of hydrogen-bond acceptors (Lipinski definition) is 5. The van der Waals surface area contributed by atoms with Crippen LogP contribution in [0.1, 0.15) is 28.0 Å². The molecule has 2 heterocycles. The molecule has 2 aromatic carbocycles. The normalized spacial score (nSPS) is 15.6. The first-order chi connectivity index (χ1) is 16.2. The zero-order valence-electron chi connectivity index (χ0n) is 19.1. The zero-order chi connectivity index (χ0) is 22.6. The summed E-state index contributed by atoms with van der Waals surface area (Å²) in [6.07, 6.45) is 2.63. The van der Waals surface area contributed by atoms with E-state index in [0.29, 0.717) is 12.2 Å². The molecule has 1 amide bonds. The average Bonchev–Trinajstić information content (AvgIpc) is 3.32. The molecule has 172 valence electrons. The third-order valence-electron chi connectivity index (χ3n) is 6.74. The Morgan fingerprint density at radius 1 is 1.09 bits per heavy atom. The molecular weight excluding hydrogens is 414 g/mol. The molecule has 0 unspecified atom stereocenters. The number of aromatic amines is 1. The van der Waals surface area contributed by atoms with Gasteiger partial charge in [0.1, 0.15) is 11.4 Å². The predicted molar refractivity (Wildman–Crippen MR) is 130 cm³/mol. The van der Waals surface area contributed by atoms with E-state index in [2.05, 4.69) is 61.7 Å². The van der Waals surface area contributed by atoms with E-state index in [1.165, 1.54) is 11.3 Å². The molecule has 7 heteroatoms. The van der Waals surface area contributed by atoms with Crippen LogP contribution in [-0.4, -0.2) is 67.4 Å². The lowest BCUT2D eigenvalue weighted by molar-refractivity contribution is 0.0945. The molecule has 3 aromatic rings. The van der Waals surface area contributed by atoms with Gasteiger partial charge in [0.25, 0.3) is 5.91 Å². The molecule has 0 bridgehead atoms. The lowest BCUT2D eigenvalue weighted by Gasteiger charge is -2.36. The Hall–Kier alpha value is -3.32. The van der Waals surface area contributed by atoms with Crippen LogP contribution < -0.4 is 15.0 Å². The van der Waals surface area contributed by atoms with E-state index in [1.807, 2.05) is 12.1 Å². The average molecular weight is 446 g/mol. The standard InChI is InChI=1S/C26H31N5O2/c1-33-21-9-11-22-19(18-21)8-10-23-24(22)28-29-25(23)26(32)27-12-5-13-30-14-16-31(17-15-30)20-6-3-2-4-7-20/h2-4,6-7,9,11,18H,5,8,10,12-17H2,1H3,(H,27,32)(H,28,29). The van der Waals surface area contributed by atoms with E-state index in [-0.39, 0.29) is 5.91 Å². The summed E-state index contributed by atoms with van der Waals surface area (Å²) in [4.78, 5) is 17.7. The minimum absolute atomic E-state index is 0.0605. The minimum atomic E-state index is -0.0605. The van der Waals surface area contributed by atoms with Crippen molar-refractivity contribution in [3.63, 3.8) is 0 Å². The van der Waals surface area contributed by atoms with Crippen molar-refractivity contribution in [3.8, 4) is 17.0 Å². The largest absolute Gasteiger partial charge is 0.497 e. The molecule has 1 saturated heterocycles. The quantitative estimate of drug-likeness (QED) is 0.547. The Morgan fingerprint density at radius 2 is 1.91 bits per heavy atom. The van der Waals surface area contributed by atoms with Crippen LogP contribution in [-0.2, 0) is 12.8 Å². The number of nitrogens with zero attached hydrogens (tertiary/aromatic N) is 3. The van der Waals surface area contributed by atoms with Crippen molar-refractivity contribution in [2.24, 2.45) is 0 Å². The Kier molecular flexibility index (Phi) is 6.30. The first-order valence-corrected chi connectivity index (χ1v) is 11.8. The molecule has 2 N–H and O–H groups in total. The Labute approximate surface area is 194 Å². The van der Waals surface area contributed by atoms with Crippen LogP contribution in [0.5, 0.6) is 5.75 Å². The van der Waals surface area contributed by atoms with Gasteiger partial charge in [-0.2, -0.15) is 5.10 Å². The summed E-state index contributed by atoms with van der Waals surface area (Å²) in [7, 11) is 1.68. The molecule has 2 aliphatic rings. The van der Waals surface area contributed by atoms with E-state index >= 15 is 0 Å². The van der Waals surface area contributed by atoms with Crippen molar-refractivity contribution >= 4 is 11.6 Å². The van der Waals surface area contributed by atoms with Crippen LogP contribution in [0.4, 0.5) is 5.69 Å². The fourth-order valence-electron chi connectivity index (χ4n) is 4.88. The zero-order valence-corrected chi connectivity index (χ0v) is 19.1. The maximum Gasteiger partial charge on any atom is 0.269 e. The number of aromatic nitrogens is 2. The van der Waals surface area contributed by atoms with Gasteiger partial charge < -0.3 is 15.0 Å². The molecular formula is C26H31N5O2. The van der Waals surface area contributed by atoms with Crippen molar-refractivity contribution in [1.82, 2.24) is 20.4 Å². The van der Waals surface area contributed by atoms with Gasteiger partial charge in [0.05, 0.1) is 12.8 Å². The van der Waals surface area contributed by atoms with E-state index in [4.69, 9.17) is 4.74 Å². The number of hydrogen-bond donors (Lipinski definition) is 2. The lowest BCUT2D eigenvalue weighted by atomic mass is 9.89. The van der Waals surface area contributed by atoms with Gasteiger partial charge in [-0.15, -0.1) is 0 Å². The van der Waals surface area contributed by atoms with Crippen LogP contribution >= 0.6 is 0 Å². The Balaban J connectivity index is 1.10. The number of methoxy groups -OCH3 is 1. The molecule has 0 saturated carbocycles. The number of benzene rings is 2. The second-order valence-electron chi connectivity index (χ2n) is 8.72. The Morgan fingerprint density at radius 3 is 2.70 bits per heavy atom. The van der Waals surface area contributed by atoms with E-state index < -0.39 is 0 Å². The van der Waals surface area contributed by atoms with Crippen LogP contribution in [0.3, 0.4) is 0 Å². The number of nitrogens with one attached hydrogen (secondary N) is 2. The number of rotatable bonds is 7. The highest BCUT2D eigenvalue weighted by molar-refractivity contribution is 5.96. The van der Waals surface area contributed by atoms with Crippen molar-refractivity contribution < 1.29 is 9.53 Å². The van der Waals surface area contributed by atoms with Gasteiger partial charge in [0.15, 0.2) is 0 Å². The molecule has 1 aliphatic carbocycles. The van der Waals surface area contributed by atoms with Gasteiger partial charge in [-0.25, -0.2) is 0 Å². The summed E-state index contributed by atoms with van der Waals surface area (Å²) in [5.74, 6) is 0.793. The third-order valence-corrected chi connectivity index (χ3v) is 6.74. The first-order valence-electron chi connectivity index (χ1n) is 11.8. The van der Waals surface area contributed by atoms with Crippen LogP contribution in [0.15, 0.2) is 48.5 Å². The van der Waals surface area contributed by atoms with Crippen LogP contribution in [0, 0.1) is 0 Å². The molecule has 0 radical (unpaired) electrons. The van der Waals surface area contributed by atoms with Crippen molar-refractivity contribution in [2.75, 3.05) is 51.3 Å². The lowest BCUT2D eigenvalue weighted by Crippen LogP contribution is -2.47. The topological polar surface area (TPSA) is 73.5 Å². The number of ether oxygens (including phenoxy) is 1. The van der Waals surface area contributed by atoms with Gasteiger partial charge in [-0.1, -0.05) is 18.2 Å². The highest BCUT2D eigenvalue weighted by atomic mass is 16.5. The maximum absolute atomic E-state index is 12.8. The highest BCUT2D eigenvalue weighted by Crippen LogP contribution is 2.35. The fourth-order valence-corrected chi connectivity index (χ4v) is 4.88.